The number of carbonyl (C=O) groups excluding carboxylic acids is 1. The van der Waals surface area contributed by atoms with Gasteiger partial charge < -0.3 is 14.2 Å². The predicted molar refractivity (Wildman–Crippen MR) is 66.1 cm³/mol. The molecule has 0 aliphatic carbocycles. The van der Waals surface area contributed by atoms with Crippen molar-refractivity contribution in [1.29, 1.82) is 0 Å². The lowest BCUT2D eigenvalue weighted by Gasteiger charge is -2.07. The van der Waals surface area contributed by atoms with Gasteiger partial charge in [0, 0.05) is 6.61 Å². The van der Waals surface area contributed by atoms with Crippen molar-refractivity contribution in [2.24, 2.45) is 0 Å². The summed E-state index contributed by atoms with van der Waals surface area (Å²) in [6, 6.07) is 9.70. The van der Waals surface area contributed by atoms with Crippen LogP contribution in [0.3, 0.4) is 0 Å². The molecule has 1 heterocycles. The van der Waals surface area contributed by atoms with E-state index in [4.69, 9.17) is 14.2 Å². The van der Waals surface area contributed by atoms with Gasteiger partial charge in [-0.15, -0.1) is 0 Å². The third kappa shape index (κ3) is 2.71. The molecule has 2 unspecified atom stereocenters. The van der Waals surface area contributed by atoms with E-state index >= 15 is 0 Å². The summed E-state index contributed by atoms with van der Waals surface area (Å²) in [5, 5.41) is 0. The Morgan fingerprint density at radius 3 is 2.72 bits per heavy atom. The van der Waals surface area contributed by atoms with E-state index in [1.807, 2.05) is 44.2 Å². The topological polar surface area (TPSA) is 48.1 Å². The minimum Gasteiger partial charge on any atom is -0.461 e. The Morgan fingerprint density at radius 1 is 1.33 bits per heavy atom. The summed E-state index contributed by atoms with van der Waals surface area (Å²) < 4.78 is 15.7. The maximum atomic E-state index is 11.8. The van der Waals surface area contributed by atoms with Gasteiger partial charge in [-0.3, -0.25) is 0 Å². The smallest absolute Gasteiger partial charge is 0.338 e. The molecule has 4 nitrogen and oxygen atoms in total. The van der Waals surface area contributed by atoms with E-state index in [1.165, 1.54) is 0 Å². The Hall–Kier alpha value is -1.39. The third-order valence-electron chi connectivity index (χ3n) is 3.04. The lowest BCUT2D eigenvalue weighted by atomic mass is 9.97. The number of benzene rings is 1. The molecule has 0 N–H and O–H groups in total. The highest BCUT2D eigenvalue weighted by molar-refractivity contribution is 5.79. The number of rotatable bonds is 6. The molecular formula is C14H18O4. The molecule has 18 heavy (non-hydrogen) atoms. The number of carbonyl (C=O) groups is 1. The fraction of sp³-hybridized carbons (Fsp3) is 0.500. The SMILES string of the molecule is CCOCCOC(=O)C1OC1(C)c1ccccc1. The second-order valence-electron chi connectivity index (χ2n) is 4.34. The number of hydrogen-bond acceptors (Lipinski definition) is 4. The van der Waals surface area contributed by atoms with Crippen LogP contribution in [0.15, 0.2) is 30.3 Å². The van der Waals surface area contributed by atoms with Crippen LogP contribution in [0, 0.1) is 0 Å². The van der Waals surface area contributed by atoms with Crippen molar-refractivity contribution in [3.8, 4) is 0 Å². The zero-order chi connectivity index (χ0) is 13.0. The van der Waals surface area contributed by atoms with E-state index in [0.717, 1.165) is 5.56 Å². The van der Waals surface area contributed by atoms with Crippen LogP contribution in [0.25, 0.3) is 0 Å². The molecule has 0 spiro atoms. The van der Waals surface area contributed by atoms with Crippen LogP contribution < -0.4 is 0 Å². The Kier molecular flexibility index (Phi) is 3.99. The molecule has 0 amide bonds. The summed E-state index contributed by atoms with van der Waals surface area (Å²) >= 11 is 0. The van der Waals surface area contributed by atoms with E-state index < -0.39 is 11.7 Å². The molecule has 1 fully saturated rings. The highest BCUT2D eigenvalue weighted by Crippen LogP contribution is 2.46. The van der Waals surface area contributed by atoms with Crippen LogP contribution in [0.1, 0.15) is 19.4 Å². The van der Waals surface area contributed by atoms with Gasteiger partial charge in [-0.25, -0.2) is 4.79 Å². The van der Waals surface area contributed by atoms with Gasteiger partial charge in [-0.1, -0.05) is 30.3 Å². The van der Waals surface area contributed by atoms with E-state index in [0.29, 0.717) is 13.2 Å². The van der Waals surface area contributed by atoms with Crippen molar-refractivity contribution in [3.05, 3.63) is 35.9 Å². The first-order chi connectivity index (χ1) is 8.68. The van der Waals surface area contributed by atoms with E-state index in [1.54, 1.807) is 0 Å². The standard InChI is InChI=1S/C14H18O4/c1-3-16-9-10-17-13(15)12-14(2,18-12)11-7-5-4-6-8-11/h4-8,12H,3,9-10H2,1-2H3. The van der Waals surface area contributed by atoms with Gasteiger partial charge in [0.1, 0.15) is 12.2 Å². The molecule has 0 aromatic heterocycles. The minimum absolute atomic E-state index is 0.275. The number of esters is 1. The molecule has 1 aliphatic heterocycles. The summed E-state index contributed by atoms with van der Waals surface area (Å²) in [6.07, 6.45) is -0.499. The summed E-state index contributed by atoms with van der Waals surface area (Å²) in [7, 11) is 0. The maximum Gasteiger partial charge on any atom is 0.338 e. The maximum absolute atomic E-state index is 11.8. The third-order valence-corrected chi connectivity index (χ3v) is 3.04. The van der Waals surface area contributed by atoms with Crippen molar-refractivity contribution in [2.45, 2.75) is 25.6 Å². The van der Waals surface area contributed by atoms with Gasteiger partial charge in [0.05, 0.1) is 6.61 Å². The molecule has 98 valence electrons. The molecule has 1 aromatic carbocycles. The average molecular weight is 250 g/mol. The summed E-state index contributed by atoms with van der Waals surface area (Å²) in [5.41, 5.74) is 0.459. The second-order valence-corrected chi connectivity index (χ2v) is 4.34. The molecule has 2 rings (SSSR count). The Balaban J connectivity index is 1.84. The molecule has 2 atom stereocenters. The van der Waals surface area contributed by atoms with Crippen LogP contribution >= 0.6 is 0 Å². The highest BCUT2D eigenvalue weighted by atomic mass is 16.7. The van der Waals surface area contributed by atoms with E-state index in [2.05, 4.69) is 0 Å². The largest absolute Gasteiger partial charge is 0.461 e. The van der Waals surface area contributed by atoms with Crippen LogP contribution in [-0.4, -0.2) is 31.9 Å². The van der Waals surface area contributed by atoms with Crippen molar-refractivity contribution in [1.82, 2.24) is 0 Å². The van der Waals surface area contributed by atoms with Crippen LogP contribution in [0.5, 0.6) is 0 Å². The first kappa shape index (κ1) is 13.1. The number of ether oxygens (including phenoxy) is 3. The number of epoxide rings is 1. The molecular weight excluding hydrogens is 232 g/mol. The van der Waals surface area contributed by atoms with Gasteiger partial charge in [0.15, 0.2) is 6.10 Å². The summed E-state index contributed by atoms with van der Waals surface area (Å²) in [4.78, 5) is 11.8. The highest BCUT2D eigenvalue weighted by Gasteiger charge is 2.59. The zero-order valence-electron chi connectivity index (χ0n) is 10.7. The molecule has 1 aromatic rings. The van der Waals surface area contributed by atoms with Crippen molar-refractivity contribution >= 4 is 5.97 Å². The zero-order valence-corrected chi connectivity index (χ0v) is 10.7. The molecule has 0 saturated carbocycles. The average Bonchev–Trinajstić information content (AvgIpc) is 3.10. The second kappa shape index (κ2) is 5.50. The first-order valence-corrected chi connectivity index (χ1v) is 6.16. The number of hydrogen-bond donors (Lipinski definition) is 0. The van der Waals surface area contributed by atoms with E-state index in [-0.39, 0.29) is 12.6 Å². The fourth-order valence-corrected chi connectivity index (χ4v) is 1.89. The summed E-state index contributed by atoms with van der Waals surface area (Å²) in [6.45, 7) is 5.13. The van der Waals surface area contributed by atoms with Crippen LogP contribution in [0.2, 0.25) is 0 Å². The van der Waals surface area contributed by atoms with Gasteiger partial charge in [0.25, 0.3) is 0 Å². The lowest BCUT2D eigenvalue weighted by molar-refractivity contribution is -0.146. The monoisotopic (exact) mass is 250 g/mol. The van der Waals surface area contributed by atoms with Gasteiger partial charge >= 0.3 is 5.97 Å². The molecule has 4 heteroatoms. The summed E-state index contributed by atoms with van der Waals surface area (Å²) in [5.74, 6) is -0.318. The van der Waals surface area contributed by atoms with Crippen molar-refractivity contribution < 1.29 is 19.0 Å². The van der Waals surface area contributed by atoms with Gasteiger partial charge in [0.2, 0.25) is 0 Å². The minimum atomic E-state index is -0.538. The predicted octanol–water partition coefficient (Wildman–Crippen LogP) is 1.88. The molecule has 1 aliphatic rings. The lowest BCUT2D eigenvalue weighted by Crippen LogP contribution is -2.20. The Morgan fingerprint density at radius 2 is 2.06 bits per heavy atom. The quantitative estimate of drug-likeness (QED) is 0.439. The van der Waals surface area contributed by atoms with Crippen molar-refractivity contribution in [3.63, 3.8) is 0 Å². The van der Waals surface area contributed by atoms with Crippen LogP contribution in [-0.2, 0) is 24.6 Å². The van der Waals surface area contributed by atoms with Gasteiger partial charge in [-0.05, 0) is 19.4 Å². The molecule has 1 saturated heterocycles. The fourth-order valence-electron chi connectivity index (χ4n) is 1.89. The van der Waals surface area contributed by atoms with Crippen molar-refractivity contribution in [2.75, 3.05) is 19.8 Å². The van der Waals surface area contributed by atoms with E-state index in [9.17, 15) is 4.79 Å². The molecule has 0 radical (unpaired) electrons. The normalized spacial score (nSPS) is 25.8. The molecule has 0 bridgehead atoms. The Bertz CT molecular complexity index is 404. The first-order valence-electron chi connectivity index (χ1n) is 6.16. The van der Waals surface area contributed by atoms with Gasteiger partial charge in [-0.2, -0.15) is 0 Å². The van der Waals surface area contributed by atoms with Crippen LogP contribution in [0.4, 0.5) is 0 Å². The Labute approximate surface area is 107 Å².